The number of benzene rings is 3. The highest BCUT2D eigenvalue weighted by Crippen LogP contribution is 2.36. The van der Waals surface area contributed by atoms with E-state index in [2.05, 4.69) is 5.16 Å². The largest absolute Gasteiger partial charge is 0.493 e. The zero-order valence-electron chi connectivity index (χ0n) is 17.1. The number of non-ortho nitro benzene ring substituents is 1. The standard InChI is InChI=1S/C23H21ClN2O5/c1-16-5-3-6-17(9-16)14-30-23-21(24)11-19(12-22(23)29-2)13-25-31-15-18-7-4-8-20(10-18)26(27)28/h3-13H,14-15H2,1-2H3/b25-13-. The SMILES string of the molecule is COc1cc(/C=N\OCc2cccc([N+](=O)[O-])c2)cc(Cl)c1OCc1cccc(C)c1. The Hall–Kier alpha value is -3.58. The van der Waals surface area contributed by atoms with Crippen molar-refractivity contribution in [2.24, 2.45) is 5.16 Å². The summed E-state index contributed by atoms with van der Waals surface area (Å²) in [6, 6.07) is 17.6. The van der Waals surface area contributed by atoms with Gasteiger partial charge in [0.15, 0.2) is 11.5 Å². The molecule has 0 bridgehead atoms. The van der Waals surface area contributed by atoms with Crippen LogP contribution in [0.2, 0.25) is 5.02 Å². The first-order valence-electron chi connectivity index (χ1n) is 9.41. The summed E-state index contributed by atoms with van der Waals surface area (Å²) >= 11 is 6.40. The van der Waals surface area contributed by atoms with Crippen LogP contribution in [-0.4, -0.2) is 18.2 Å². The molecule has 3 aromatic rings. The highest BCUT2D eigenvalue weighted by atomic mass is 35.5. The Morgan fingerprint density at radius 2 is 1.81 bits per heavy atom. The van der Waals surface area contributed by atoms with Gasteiger partial charge in [0.2, 0.25) is 0 Å². The summed E-state index contributed by atoms with van der Waals surface area (Å²) in [5, 5.41) is 15.1. The molecule has 8 heteroatoms. The molecule has 0 saturated carbocycles. The van der Waals surface area contributed by atoms with E-state index in [1.807, 2.05) is 31.2 Å². The van der Waals surface area contributed by atoms with Crippen molar-refractivity contribution in [3.63, 3.8) is 0 Å². The van der Waals surface area contributed by atoms with E-state index in [0.29, 0.717) is 34.3 Å². The van der Waals surface area contributed by atoms with Crippen molar-refractivity contribution in [2.75, 3.05) is 7.11 Å². The van der Waals surface area contributed by atoms with Gasteiger partial charge >= 0.3 is 0 Å². The van der Waals surface area contributed by atoms with Crippen molar-refractivity contribution in [1.29, 1.82) is 0 Å². The Balaban J connectivity index is 1.65. The van der Waals surface area contributed by atoms with Gasteiger partial charge in [0.1, 0.15) is 13.2 Å². The fourth-order valence-electron chi connectivity index (χ4n) is 2.88. The number of nitro benzene ring substituents is 1. The van der Waals surface area contributed by atoms with Crippen LogP contribution in [0.1, 0.15) is 22.3 Å². The first kappa shape index (κ1) is 22.1. The molecule has 0 aliphatic carbocycles. The van der Waals surface area contributed by atoms with E-state index < -0.39 is 4.92 Å². The minimum absolute atomic E-state index is 0.00264. The Bertz CT molecular complexity index is 1100. The van der Waals surface area contributed by atoms with E-state index in [1.54, 1.807) is 24.3 Å². The third-order valence-electron chi connectivity index (χ3n) is 4.35. The number of hydrogen-bond acceptors (Lipinski definition) is 6. The van der Waals surface area contributed by atoms with E-state index in [-0.39, 0.29) is 12.3 Å². The zero-order chi connectivity index (χ0) is 22.2. The van der Waals surface area contributed by atoms with Crippen LogP contribution in [0, 0.1) is 17.0 Å². The van der Waals surface area contributed by atoms with Gasteiger partial charge in [-0.3, -0.25) is 10.1 Å². The Morgan fingerprint density at radius 1 is 1.06 bits per heavy atom. The summed E-state index contributed by atoms with van der Waals surface area (Å²) in [4.78, 5) is 15.6. The van der Waals surface area contributed by atoms with Crippen LogP contribution in [-0.2, 0) is 18.1 Å². The minimum Gasteiger partial charge on any atom is -0.493 e. The number of rotatable bonds is 9. The lowest BCUT2D eigenvalue weighted by atomic mass is 10.1. The smallest absolute Gasteiger partial charge is 0.269 e. The molecule has 0 aromatic heterocycles. The zero-order valence-corrected chi connectivity index (χ0v) is 17.8. The molecule has 0 heterocycles. The number of oxime groups is 1. The quantitative estimate of drug-likeness (QED) is 0.242. The summed E-state index contributed by atoms with van der Waals surface area (Å²) in [5.74, 6) is 0.917. The van der Waals surface area contributed by atoms with Crippen LogP contribution in [0.4, 0.5) is 5.69 Å². The number of ether oxygens (including phenoxy) is 2. The molecule has 0 fully saturated rings. The molecule has 160 valence electrons. The molecule has 0 aliphatic rings. The van der Waals surface area contributed by atoms with Gasteiger partial charge in [-0.1, -0.05) is 58.7 Å². The van der Waals surface area contributed by atoms with E-state index in [0.717, 1.165) is 11.1 Å². The molecular formula is C23H21ClN2O5. The Morgan fingerprint density at radius 3 is 2.52 bits per heavy atom. The highest BCUT2D eigenvalue weighted by molar-refractivity contribution is 6.32. The molecule has 0 radical (unpaired) electrons. The third kappa shape index (κ3) is 6.20. The molecule has 7 nitrogen and oxygen atoms in total. The van der Waals surface area contributed by atoms with Gasteiger partial charge in [0.25, 0.3) is 5.69 Å². The molecule has 0 unspecified atom stereocenters. The van der Waals surface area contributed by atoms with E-state index >= 15 is 0 Å². The van der Waals surface area contributed by atoms with Crippen molar-refractivity contribution >= 4 is 23.5 Å². The van der Waals surface area contributed by atoms with E-state index in [1.165, 1.54) is 25.5 Å². The molecule has 3 aromatic carbocycles. The normalized spacial score (nSPS) is 10.8. The number of aryl methyl sites for hydroxylation is 1. The lowest BCUT2D eigenvalue weighted by molar-refractivity contribution is -0.384. The first-order chi connectivity index (χ1) is 15.0. The fraction of sp³-hybridized carbons (Fsp3) is 0.174. The number of nitrogens with zero attached hydrogens (tertiary/aromatic N) is 2. The van der Waals surface area contributed by atoms with Crippen LogP contribution in [0.15, 0.2) is 65.8 Å². The highest BCUT2D eigenvalue weighted by Gasteiger charge is 2.12. The molecule has 0 N–H and O–H groups in total. The molecule has 31 heavy (non-hydrogen) atoms. The summed E-state index contributed by atoms with van der Waals surface area (Å²) < 4.78 is 11.3. The maximum Gasteiger partial charge on any atom is 0.269 e. The summed E-state index contributed by atoms with van der Waals surface area (Å²) in [6.45, 7) is 2.48. The van der Waals surface area contributed by atoms with Crippen LogP contribution in [0.25, 0.3) is 0 Å². The first-order valence-corrected chi connectivity index (χ1v) is 9.78. The molecule has 0 amide bonds. The molecule has 0 atom stereocenters. The monoisotopic (exact) mass is 440 g/mol. The third-order valence-corrected chi connectivity index (χ3v) is 4.63. The van der Waals surface area contributed by atoms with Gasteiger partial charge in [-0.25, -0.2) is 0 Å². The van der Waals surface area contributed by atoms with Crippen molar-refractivity contribution in [3.05, 3.63) is 98.1 Å². The molecule has 0 saturated heterocycles. The van der Waals surface area contributed by atoms with Gasteiger partial charge in [-0.2, -0.15) is 0 Å². The molecule has 0 spiro atoms. The maximum absolute atomic E-state index is 10.8. The van der Waals surface area contributed by atoms with Crippen molar-refractivity contribution in [1.82, 2.24) is 0 Å². The minimum atomic E-state index is -0.455. The summed E-state index contributed by atoms with van der Waals surface area (Å²) in [7, 11) is 1.53. The van der Waals surface area contributed by atoms with E-state index in [9.17, 15) is 10.1 Å². The van der Waals surface area contributed by atoms with Crippen LogP contribution in [0.5, 0.6) is 11.5 Å². The second-order valence-corrected chi connectivity index (χ2v) is 7.15. The predicted octanol–water partition coefficient (Wildman–Crippen LogP) is 5.69. The summed E-state index contributed by atoms with van der Waals surface area (Å²) in [5.41, 5.74) is 3.47. The number of methoxy groups -OCH3 is 1. The maximum atomic E-state index is 10.8. The van der Waals surface area contributed by atoms with Gasteiger partial charge in [-0.05, 0) is 30.2 Å². The molecule has 0 aliphatic heterocycles. The van der Waals surface area contributed by atoms with Gasteiger partial charge in [0.05, 0.1) is 23.3 Å². The molecular weight excluding hydrogens is 420 g/mol. The number of halogens is 1. The number of nitro groups is 1. The average Bonchev–Trinajstić information content (AvgIpc) is 2.76. The summed E-state index contributed by atoms with van der Waals surface area (Å²) in [6.07, 6.45) is 1.48. The van der Waals surface area contributed by atoms with Gasteiger partial charge in [-0.15, -0.1) is 0 Å². The number of hydrogen-bond donors (Lipinski definition) is 0. The van der Waals surface area contributed by atoms with Gasteiger partial charge < -0.3 is 14.3 Å². The van der Waals surface area contributed by atoms with Gasteiger partial charge in [0, 0.05) is 17.7 Å². The van der Waals surface area contributed by atoms with Crippen molar-refractivity contribution < 1.29 is 19.2 Å². The Labute approximate surface area is 185 Å². The van der Waals surface area contributed by atoms with Crippen LogP contribution in [0.3, 0.4) is 0 Å². The lowest BCUT2D eigenvalue weighted by Crippen LogP contribution is -2.00. The second-order valence-electron chi connectivity index (χ2n) is 6.75. The average molecular weight is 441 g/mol. The topological polar surface area (TPSA) is 83.2 Å². The second kappa shape index (κ2) is 10.4. The van der Waals surface area contributed by atoms with Crippen LogP contribution < -0.4 is 9.47 Å². The van der Waals surface area contributed by atoms with Crippen LogP contribution >= 0.6 is 11.6 Å². The lowest BCUT2D eigenvalue weighted by Gasteiger charge is -2.13. The Kier molecular flexibility index (Phi) is 7.45. The van der Waals surface area contributed by atoms with Crippen molar-refractivity contribution in [3.8, 4) is 11.5 Å². The molecule has 3 rings (SSSR count). The predicted molar refractivity (Wildman–Crippen MR) is 119 cm³/mol. The fourth-order valence-corrected chi connectivity index (χ4v) is 3.16. The van der Waals surface area contributed by atoms with Crippen molar-refractivity contribution in [2.45, 2.75) is 20.1 Å². The van der Waals surface area contributed by atoms with E-state index in [4.69, 9.17) is 25.9 Å².